The molecule has 1 aromatic rings. The van der Waals surface area contributed by atoms with Gasteiger partial charge in [-0.3, -0.25) is 14.7 Å². The van der Waals surface area contributed by atoms with Crippen molar-refractivity contribution in [2.24, 2.45) is 0 Å². The second-order valence-electron chi connectivity index (χ2n) is 4.15. The maximum Gasteiger partial charge on any atom is 0.323 e. The Morgan fingerprint density at radius 3 is 2.75 bits per heavy atom. The van der Waals surface area contributed by atoms with Gasteiger partial charge in [0.25, 0.3) is 0 Å². The average molecular weight is 222 g/mol. The summed E-state index contributed by atoms with van der Waals surface area (Å²) in [6.07, 6.45) is 4.03. The van der Waals surface area contributed by atoms with Crippen LogP contribution in [0.5, 0.6) is 0 Å². The van der Waals surface area contributed by atoms with E-state index in [-0.39, 0.29) is 0 Å². The minimum atomic E-state index is -0.824. The van der Waals surface area contributed by atoms with E-state index in [0.29, 0.717) is 13.0 Å². The molecular weight excluding hydrogens is 204 g/mol. The molecule has 1 rings (SSSR count). The highest BCUT2D eigenvalue weighted by Crippen LogP contribution is 2.20. The van der Waals surface area contributed by atoms with Crippen molar-refractivity contribution in [1.82, 2.24) is 9.88 Å². The van der Waals surface area contributed by atoms with E-state index in [1.807, 2.05) is 31.0 Å². The minimum absolute atomic E-state index is 0.569. The lowest BCUT2D eigenvalue weighted by molar-refractivity contribution is -0.150. The summed E-state index contributed by atoms with van der Waals surface area (Å²) in [7, 11) is 1.82. The molecule has 88 valence electrons. The maximum absolute atomic E-state index is 11.2. The van der Waals surface area contributed by atoms with E-state index in [1.165, 1.54) is 0 Å². The van der Waals surface area contributed by atoms with E-state index in [1.54, 1.807) is 19.3 Å². The smallest absolute Gasteiger partial charge is 0.323 e. The van der Waals surface area contributed by atoms with Crippen LogP contribution in [0.15, 0.2) is 24.5 Å². The molecule has 0 saturated heterocycles. The highest BCUT2D eigenvalue weighted by molar-refractivity contribution is 5.78. The van der Waals surface area contributed by atoms with Crippen LogP contribution in [-0.2, 0) is 11.3 Å². The van der Waals surface area contributed by atoms with Crippen LogP contribution in [0, 0.1) is 0 Å². The zero-order valence-corrected chi connectivity index (χ0v) is 9.97. The first kappa shape index (κ1) is 12.6. The lowest BCUT2D eigenvalue weighted by Crippen LogP contribution is -2.49. The first-order valence-corrected chi connectivity index (χ1v) is 5.34. The molecule has 1 N–H and O–H groups in total. The lowest BCUT2D eigenvalue weighted by Gasteiger charge is -2.34. The van der Waals surface area contributed by atoms with Crippen molar-refractivity contribution in [3.8, 4) is 0 Å². The quantitative estimate of drug-likeness (QED) is 0.825. The molecule has 1 heterocycles. The summed E-state index contributed by atoms with van der Waals surface area (Å²) in [5.74, 6) is -0.790. The number of hydrogen-bond donors (Lipinski definition) is 1. The third-order valence-electron chi connectivity index (χ3n) is 3.13. The number of carboxylic acids is 1. The van der Waals surface area contributed by atoms with Crippen molar-refractivity contribution in [3.05, 3.63) is 30.1 Å². The Labute approximate surface area is 95.9 Å². The molecule has 16 heavy (non-hydrogen) atoms. The van der Waals surface area contributed by atoms with Crippen molar-refractivity contribution < 1.29 is 9.90 Å². The zero-order chi connectivity index (χ0) is 12.2. The van der Waals surface area contributed by atoms with E-state index in [0.717, 1.165) is 5.56 Å². The third kappa shape index (κ3) is 2.58. The van der Waals surface area contributed by atoms with Crippen LogP contribution in [0.25, 0.3) is 0 Å². The highest BCUT2D eigenvalue weighted by Gasteiger charge is 2.35. The largest absolute Gasteiger partial charge is 0.480 e. The number of likely N-dealkylation sites (N-methyl/N-ethyl adjacent to an activating group) is 1. The molecule has 0 aliphatic carbocycles. The van der Waals surface area contributed by atoms with E-state index >= 15 is 0 Å². The van der Waals surface area contributed by atoms with Crippen LogP contribution in [-0.4, -0.2) is 33.5 Å². The van der Waals surface area contributed by atoms with Crippen molar-refractivity contribution in [1.29, 1.82) is 0 Å². The van der Waals surface area contributed by atoms with Crippen molar-refractivity contribution in [3.63, 3.8) is 0 Å². The second kappa shape index (κ2) is 5.07. The van der Waals surface area contributed by atoms with Gasteiger partial charge in [0.1, 0.15) is 5.54 Å². The Morgan fingerprint density at radius 1 is 1.62 bits per heavy atom. The van der Waals surface area contributed by atoms with E-state index in [4.69, 9.17) is 0 Å². The summed E-state index contributed by atoms with van der Waals surface area (Å²) >= 11 is 0. The van der Waals surface area contributed by atoms with Gasteiger partial charge in [0, 0.05) is 18.9 Å². The molecular formula is C12H18N2O2. The van der Waals surface area contributed by atoms with Crippen LogP contribution in [0.1, 0.15) is 25.8 Å². The van der Waals surface area contributed by atoms with E-state index in [2.05, 4.69) is 4.98 Å². The number of aliphatic carboxylic acids is 1. The average Bonchev–Trinajstić information content (AvgIpc) is 2.28. The van der Waals surface area contributed by atoms with Gasteiger partial charge in [-0.25, -0.2) is 0 Å². The van der Waals surface area contributed by atoms with Gasteiger partial charge in [0.05, 0.1) is 0 Å². The van der Waals surface area contributed by atoms with Gasteiger partial charge >= 0.3 is 5.97 Å². The molecule has 0 saturated carbocycles. The number of pyridine rings is 1. The predicted octanol–water partition coefficient (Wildman–Crippen LogP) is 1.77. The summed E-state index contributed by atoms with van der Waals surface area (Å²) < 4.78 is 0. The maximum atomic E-state index is 11.2. The molecule has 0 spiro atoms. The Hall–Kier alpha value is -1.42. The van der Waals surface area contributed by atoms with Crippen LogP contribution in [0.2, 0.25) is 0 Å². The van der Waals surface area contributed by atoms with Gasteiger partial charge in [0.2, 0.25) is 0 Å². The molecule has 0 aliphatic rings. The molecule has 4 nitrogen and oxygen atoms in total. The monoisotopic (exact) mass is 222 g/mol. The van der Waals surface area contributed by atoms with Crippen molar-refractivity contribution in [2.75, 3.05) is 7.05 Å². The van der Waals surface area contributed by atoms with E-state index < -0.39 is 11.5 Å². The standard InChI is InChI=1S/C12H18N2O2/c1-4-12(2,11(15)16)14(3)9-10-6-5-7-13-8-10/h5-8H,4,9H2,1-3H3,(H,15,16). The first-order chi connectivity index (χ1) is 7.50. The summed E-state index contributed by atoms with van der Waals surface area (Å²) in [5.41, 5.74) is 0.196. The number of rotatable bonds is 5. The molecule has 1 atom stereocenters. The predicted molar refractivity (Wildman–Crippen MR) is 62.0 cm³/mol. The molecule has 0 bridgehead atoms. The van der Waals surface area contributed by atoms with Gasteiger partial charge in [-0.2, -0.15) is 0 Å². The molecule has 0 aromatic carbocycles. The molecule has 4 heteroatoms. The van der Waals surface area contributed by atoms with Gasteiger partial charge in [-0.1, -0.05) is 13.0 Å². The normalized spacial score (nSPS) is 14.8. The Kier molecular flexibility index (Phi) is 4.01. The number of carboxylic acid groups (broad SMARTS) is 1. The number of aromatic nitrogens is 1. The summed E-state index contributed by atoms with van der Waals surface area (Å²) in [4.78, 5) is 17.1. The van der Waals surface area contributed by atoms with Crippen LogP contribution < -0.4 is 0 Å². The van der Waals surface area contributed by atoms with Crippen molar-refractivity contribution >= 4 is 5.97 Å². The van der Waals surface area contributed by atoms with Gasteiger partial charge in [0.15, 0.2) is 0 Å². The van der Waals surface area contributed by atoms with Crippen LogP contribution in [0.4, 0.5) is 0 Å². The summed E-state index contributed by atoms with van der Waals surface area (Å²) in [6.45, 7) is 4.21. The molecule has 0 amide bonds. The molecule has 1 unspecified atom stereocenters. The first-order valence-electron chi connectivity index (χ1n) is 5.34. The number of hydrogen-bond acceptors (Lipinski definition) is 3. The fourth-order valence-corrected chi connectivity index (χ4v) is 1.52. The van der Waals surface area contributed by atoms with Gasteiger partial charge < -0.3 is 5.11 Å². The Bertz CT molecular complexity index is 353. The van der Waals surface area contributed by atoms with Gasteiger partial charge in [-0.05, 0) is 32.0 Å². The van der Waals surface area contributed by atoms with Gasteiger partial charge in [-0.15, -0.1) is 0 Å². The fraction of sp³-hybridized carbons (Fsp3) is 0.500. The second-order valence-corrected chi connectivity index (χ2v) is 4.15. The fourth-order valence-electron chi connectivity index (χ4n) is 1.52. The number of carbonyl (C=O) groups is 1. The Balaban J connectivity index is 2.78. The molecule has 1 aromatic heterocycles. The zero-order valence-electron chi connectivity index (χ0n) is 9.97. The number of nitrogens with zero attached hydrogens (tertiary/aromatic N) is 2. The highest BCUT2D eigenvalue weighted by atomic mass is 16.4. The minimum Gasteiger partial charge on any atom is -0.480 e. The lowest BCUT2D eigenvalue weighted by atomic mass is 9.96. The summed E-state index contributed by atoms with van der Waals surface area (Å²) in [6, 6.07) is 3.80. The topological polar surface area (TPSA) is 53.4 Å². The third-order valence-corrected chi connectivity index (χ3v) is 3.13. The Morgan fingerprint density at radius 2 is 2.31 bits per heavy atom. The van der Waals surface area contributed by atoms with E-state index in [9.17, 15) is 9.90 Å². The van der Waals surface area contributed by atoms with Crippen LogP contribution >= 0.6 is 0 Å². The molecule has 0 radical (unpaired) electrons. The van der Waals surface area contributed by atoms with Crippen molar-refractivity contribution in [2.45, 2.75) is 32.4 Å². The SMILES string of the molecule is CCC(C)(C(=O)O)N(C)Cc1cccnc1. The summed E-state index contributed by atoms with van der Waals surface area (Å²) in [5, 5.41) is 9.22. The molecule has 0 fully saturated rings. The molecule has 0 aliphatic heterocycles. The van der Waals surface area contributed by atoms with Crippen LogP contribution in [0.3, 0.4) is 0 Å².